The zero-order valence-electron chi connectivity index (χ0n) is 9.16. The third-order valence-corrected chi connectivity index (χ3v) is 2.95. The van der Waals surface area contributed by atoms with Crippen molar-refractivity contribution in [2.75, 3.05) is 40.3 Å². The summed E-state index contributed by atoms with van der Waals surface area (Å²) in [5.74, 6) is 0.640. The van der Waals surface area contributed by atoms with Crippen molar-refractivity contribution >= 4 is 0 Å². The van der Waals surface area contributed by atoms with Crippen LogP contribution >= 0.6 is 0 Å². The Hall–Kier alpha value is -0.120. The molecule has 0 aromatic carbocycles. The molecule has 0 aliphatic carbocycles. The van der Waals surface area contributed by atoms with Crippen molar-refractivity contribution in [3.63, 3.8) is 0 Å². The monoisotopic (exact) mass is 185 g/mol. The quantitative estimate of drug-likeness (QED) is 0.680. The van der Waals surface area contributed by atoms with E-state index < -0.39 is 0 Å². The number of nitrogens with two attached hydrogens (primary N) is 1. The fraction of sp³-hybridized carbons (Fsp3) is 1.00. The highest BCUT2D eigenvalue weighted by atomic mass is 15.2. The molecule has 2 atom stereocenters. The van der Waals surface area contributed by atoms with Crippen molar-refractivity contribution in [3.8, 4) is 0 Å². The molecule has 78 valence electrons. The van der Waals surface area contributed by atoms with Crippen molar-refractivity contribution in [2.45, 2.75) is 19.4 Å². The lowest BCUT2D eigenvalue weighted by atomic mass is 10.2. The lowest BCUT2D eigenvalue weighted by molar-refractivity contribution is 0.249. The predicted molar refractivity (Wildman–Crippen MR) is 56.8 cm³/mol. The molecule has 1 rings (SSSR count). The highest BCUT2D eigenvalue weighted by molar-refractivity contribution is 4.81. The Labute approximate surface area is 81.9 Å². The van der Waals surface area contributed by atoms with Gasteiger partial charge in [0.1, 0.15) is 0 Å². The second-order valence-corrected chi connectivity index (χ2v) is 4.51. The number of likely N-dealkylation sites (N-methyl/N-ethyl adjacent to an activating group) is 1. The molecule has 0 radical (unpaired) electrons. The van der Waals surface area contributed by atoms with Crippen molar-refractivity contribution in [1.82, 2.24) is 9.80 Å². The van der Waals surface area contributed by atoms with E-state index in [1.165, 1.54) is 26.1 Å². The molecule has 2 N–H and O–H groups in total. The van der Waals surface area contributed by atoms with Crippen LogP contribution in [-0.4, -0.2) is 56.1 Å². The SMILES string of the molecule is CC(CN)CN1CCC(N(C)C)C1. The van der Waals surface area contributed by atoms with Crippen LogP contribution in [0.2, 0.25) is 0 Å². The molecule has 1 fully saturated rings. The first-order valence-corrected chi connectivity index (χ1v) is 5.22. The van der Waals surface area contributed by atoms with Gasteiger partial charge in [-0.15, -0.1) is 0 Å². The molecule has 0 saturated carbocycles. The number of hydrogen-bond acceptors (Lipinski definition) is 3. The Bertz CT molecular complexity index is 147. The maximum atomic E-state index is 5.61. The third kappa shape index (κ3) is 3.25. The molecule has 13 heavy (non-hydrogen) atoms. The highest BCUT2D eigenvalue weighted by Gasteiger charge is 2.24. The standard InChI is InChI=1S/C10H23N3/c1-9(6-11)7-13-5-4-10(8-13)12(2)3/h9-10H,4-8,11H2,1-3H3. The Kier molecular flexibility index (Phi) is 4.16. The topological polar surface area (TPSA) is 32.5 Å². The molecule has 1 heterocycles. The van der Waals surface area contributed by atoms with Crippen LogP contribution in [0.4, 0.5) is 0 Å². The van der Waals surface area contributed by atoms with E-state index in [4.69, 9.17) is 5.73 Å². The summed E-state index contributed by atoms with van der Waals surface area (Å²) < 4.78 is 0. The van der Waals surface area contributed by atoms with Gasteiger partial charge in [-0.3, -0.25) is 0 Å². The summed E-state index contributed by atoms with van der Waals surface area (Å²) in [4.78, 5) is 4.86. The number of hydrogen-bond donors (Lipinski definition) is 1. The Morgan fingerprint density at radius 2 is 2.23 bits per heavy atom. The Balaban J connectivity index is 2.25. The van der Waals surface area contributed by atoms with Gasteiger partial charge < -0.3 is 15.5 Å². The maximum absolute atomic E-state index is 5.61. The number of nitrogens with zero attached hydrogens (tertiary/aromatic N) is 2. The number of likely N-dealkylation sites (tertiary alicyclic amines) is 1. The van der Waals surface area contributed by atoms with Crippen molar-refractivity contribution in [3.05, 3.63) is 0 Å². The van der Waals surface area contributed by atoms with Gasteiger partial charge in [-0.1, -0.05) is 6.92 Å². The molecular weight excluding hydrogens is 162 g/mol. The first kappa shape index (κ1) is 11.0. The van der Waals surface area contributed by atoms with Gasteiger partial charge >= 0.3 is 0 Å². The van der Waals surface area contributed by atoms with Crippen LogP contribution in [0.15, 0.2) is 0 Å². The van der Waals surface area contributed by atoms with E-state index in [0.717, 1.165) is 12.6 Å². The van der Waals surface area contributed by atoms with Crippen LogP contribution < -0.4 is 5.73 Å². The molecule has 2 unspecified atom stereocenters. The zero-order chi connectivity index (χ0) is 9.84. The summed E-state index contributed by atoms with van der Waals surface area (Å²) in [7, 11) is 4.33. The largest absolute Gasteiger partial charge is 0.330 e. The third-order valence-electron chi connectivity index (χ3n) is 2.95. The average Bonchev–Trinajstić information content (AvgIpc) is 2.52. The van der Waals surface area contributed by atoms with Crippen molar-refractivity contribution < 1.29 is 0 Å². The summed E-state index contributed by atoms with van der Waals surface area (Å²) in [6.45, 7) is 6.66. The molecule has 3 heteroatoms. The molecule has 0 spiro atoms. The summed E-state index contributed by atoms with van der Waals surface area (Å²) >= 11 is 0. The predicted octanol–water partition coefficient (Wildman–Crippen LogP) is 0.217. The Morgan fingerprint density at radius 3 is 2.69 bits per heavy atom. The molecule has 0 aromatic rings. The highest BCUT2D eigenvalue weighted by Crippen LogP contribution is 2.14. The molecule has 3 nitrogen and oxygen atoms in total. The molecular formula is C10H23N3. The lowest BCUT2D eigenvalue weighted by Gasteiger charge is -2.22. The summed E-state index contributed by atoms with van der Waals surface area (Å²) in [6.07, 6.45) is 1.31. The first-order chi connectivity index (χ1) is 6.13. The van der Waals surface area contributed by atoms with Gasteiger partial charge in [0.25, 0.3) is 0 Å². The van der Waals surface area contributed by atoms with Crippen LogP contribution in [0.1, 0.15) is 13.3 Å². The van der Waals surface area contributed by atoms with Crippen LogP contribution in [-0.2, 0) is 0 Å². The minimum Gasteiger partial charge on any atom is -0.330 e. The minimum atomic E-state index is 0.640. The number of rotatable bonds is 4. The fourth-order valence-corrected chi connectivity index (χ4v) is 1.91. The normalized spacial score (nSPS) is 27.0. The van der Waals surface area contributed by atoms with E-state index >= 15 is 0 Å². The molecule has 1 aliphatic heterocycles. The van der Waals surface area contributed by atoms with E-state index in [-0.39, 0.29) is 0 Å². The van der Waals surface area contributed by atoms with Crippen molar-refractivity contribution in [2.24, 2.45) is 11.7 Å². The van der Waals surface area contributed by atoms with E-state index in [9.17, 15) is 0 Å². The zero-order valence-corrected chi connectivity index (χ0v) is 9.16. The summed E-state index contributed by atoms with van der Waals surface area (Å²) in [5.41, 5.74) is 5.61. The molecule has 1 saturated heterocycles. The van der Waals surface area contributed by atoms with E-state index in [1.54, 1.807) is 0 Å². The maximum Gasteiger partial charge on any atom is 0.0229 e. The second-order valence-electron chi connectivity index (χ2n) is 4.51. The fourth-order valence-electron chi connectivity index (χ4n) is 1.91. The first-order valence-electron chi connectivity index (χ1n) is 5.22. The van der Waals surface area contributed by atoms with Gasteiger partial charge in [0.15, 0.2) is 0 Å². The van der Waals surface area contributed by atoms with Crippen LogP contribution in [0.3, 0.4) is 0 Å². The smallest absolute Gasteiger partial charge is 0.0229 e. The van der Waals surface area contributed by atoms with E-state index in [2.05, 4.69) is 30.8 Å². The average molecular weight is 185 g/mol. The summed E-state index contributed by atoms with van der Waals surface area (Å²) in [5, 5.41) is 0. The molecule has 0 bridgehead atoms. The molecule has 0 aromatic heterocycles. The van der Waals surface area contributed by atoms with Gasteiger partial charge in [-0.05, 0) is 39.5 Å². The van der Waals surface area contributed by atoms with Crippen LogP contribution in [0.25, 0.3) is 0 Å². The van der Waals surface area contributed by atoms with Crippen LogP contribution in [0, 0.1) is 5.92 Å². The van der Waals surface area contributed by atoms with Gasteiger partial charge in [0.2, 0.25) is 0 Å². The molecule has 0 amide bonds. The molecule has 1 aliphatic rings. The van der Waals surface area contributed by atoms with Gasteiger partial charge in [0, 0.05) is 19.1 Å². The van der Waals surface area contributed by atoms with Crippen molar-refractivity contribution in [1.29, 1.82) is 0 Å². The van der Waals surface area contributed by atoms with E-state index in [1.807, 2.05) is 0 Å². The summed E-state index contributed by atoms with van der Waals surface area (Å²) in [6, 6.07) is 0.755. The van der Waals surface area contributed by atoms with E-state index in [0.29, 0.717) is 5.92 Å². The second kappa shape index (κ2) is 4.94. The minimum absolute atomic E-state index is 0.640. The van der Waals surface area contributed by atoms with Gasteiger partial charge in [-0.2, -0.15) is 0 Å². The lowest BCUT2D eigenvalue weighted by Crippen LogP contribution is -2.34. The van der Waals surface area contributed by atoms with Gasteiger partial charge in [-0.25, -0.2) is 0 Å². The van der Waals surface area contributed by atoms with Gasteiger partial charge in [0.05, 0.1) is 0 Å². The Morgan fingerprint density at radius 1 is 1.54 bits per heavy atom. The van der Waals surface area contributed by atoms with Crippen LogP contribution in [0.5, 0.6) is 0 Å².